The lowest BCUT2D eigenvalue weighted by Crippen LogP contribution is -2.28. The highest BCUT2D eigenvalue weighted by Gasteiger charge is 2.35. The van der Waals surface area contributed by atoms with Gasteiger partial charge in [0.05, 0.1) is 5.92 Å². The van der Waals surface area contributed by atoms with Gasteiger partial charge in [-0.05, 0) is 67.6 Å². The number of aryl methyl sites for hydroxylation is 1. The SMILES string of the molecule is Cc1nc(Oc2ccc(NC(=O)C3CC(=O)N(c4ccc(F)cc4)C3)cc2)cc(-n2cccc2)n1. The number of carbonyl (C=O) groups excluding carboxylic acids is 2. The van der Waals surface area contributed by atoms with E-state index in [9.17, 15) is 14.0 Å². The molecule has 8 nitrogen and oxygen atoms in total. The molecule has 35 heavy (non-hydrogen) atoms. The predicted octanol–water partition coefficient (Wildman–Crippen LogP) is 4.50. The molecule has 1 atom stereocenters. The second kappa shape index (κ2) is 9.38. The van der Waals surface area contributed by atoms with Gasteiger partial charge in [0.2, 0.25) is 17.7 Å². The van der Waals surface area contributed by atoms with E-state index in [0.717, 1.165) is 0 Å². The van der Waals surface area contributed by atoms with Gasteiger partial charge in [-0.15, -0.1) is 0 Å². The van der Waals surface area contributed by atoms with E-state index in [4.69, 9.17) is 4.74 Å². The van der Waals surface area contributed by atoms with Gasteiger partial charge in [-0.1, -0.05) is 0 Å². The van der Waals surface area contributed by atoms with Gasteiger partial charge >= 0.3 is 0 Å². The molecule has 1 aliphatic rings. The van der Waals surface area contributed by atoms with Crippen molar-refractivity contribution in [3.8, 4) is 17.4 Å². The van der Waals surface area contributed by atoms with E-state index in [1.807, 2.05) is 29.1 Å². The zero-order chi connectivity index (χ0) is 24.4. The average Bonchev–Trinajstić information content (AvgIpc) is 3.51. The lowest BCUT2D eigenvalue weighted by atomic mass is 10.1. The standard InChI is InChI=1S/C26H22FN5O3/c1-17-28-23(31-12-2-3-13-31)15-24(29-17)35-22-10-6-20(7-11-22)30-26(34)18-14-25(33)32(16-18)21-8-4-19(27)5-9-21/h2-13,15,18H,14,16H2,1H3,(H,30,34). The Bertz CT molecular complexity index is 1360. The molecule has 176 valence electrons. The van der Waals surface area contributed by atoms with Gasteiger partial charge in [-0.3, -0.25) is 9.59 Å². The fourth-order valence-corrected chi connectivity index (χ4v) is 3.92. The average molecular weight is 471 g/mol. The molecule has 2 amide bonds. The van der Waals surface area contributed by atoms with E-state index in [1.165, 1.54) is 29.2 Å². The minimum atomic E-state index is -0.500. The molecule has 1 saturated heterocycles. The van der Waals surface area contributed by atoms with E-state index < -0.39 is 5.92 Å². The summed E-state index contributed by atoms with van der Waals surface area (Å²) >= 11 is 0. The van der Waals surface area contributed by atoms with Crippen LogP contribution in [0.3, 0.4) is 0 Å². The fraction of sp³-hybridized carbons (Fsp3) is 0.154. The molecule has 5 rings (SSSR count). The summed E-state index contributed by atoms with van der Waals surface area (Å²) in [6.45, 7) is 2.04. The Kier molecular flexibility index (Phi) is 5.97. The quantitative estimate of drug-likeness (QED) is 0.447. The lowest BCUT2D eigenvalue weighted by Gasteiger charge is -2.16. The van der Waals surface area contributed by atoms with Gasteiger partial charge in [0.1, 0.15) is 23.2 Å². The van der Waals surface area contributed by atoms with Crippen LogP contribution in [0.1, 0.15) is 12.2 Å². The normalized spacial score (nSPS) is 15.3. The van der Waals surface area contributed by atoms with Crippen LogP contribution >= 0.6 is 0 Å². The van der Waals surface area contributed by atoms with Crippen molar-refractivity contribution in [2.75, 3.05) is 16.8 Å². The number of anilines is 2. The third-order valence-corrected chi connectivity index (χ3v) is 5.65. The third kappa shape index (κ3) is 5.03. The monoisotopic (exact) mass is 471 g/mol. The van der Waals surface area contributed by atoms with Crippen molar-refractivity contribution in [3.05, 3.63) is 90.8 Å². The maximum absolute atomic E-state index is 13.2. The molecule has 0 spiro atoms. The first-order chi connectivity index (χ1) is 16.9. The van der Waals surface area contributed by atoms with Crippen LogP contribution in [0.2, 0.25) is 0 Å². The Morgan fingerprint density at radius 2 is 1.77 bits per heavy atom. The maximum atomic E-state index is 13.2. The van der Waals surface area contributed by atoms with Crippen LogP contribution in [0.5, 0.6) is 11.6 Å². The number of ether oxygens (including phenoxy) is 1. The molecule has 3 heterocycles. The number of hydrogen-bond acceptors (Lipinski definition) is 5. The highest BCUT2D eigenvalue weighted by atomic mass is 19.1. The summed E-state index contributed by atoms with van der Waals surface area (Å²) in [4.78, 5) is 35.4. The van der Waals surface area contributed by atoms with E-state index >= 15 is 0 Å². The largest absolute Gasteiger partial charge is 0.439 e. The molecular weight excluding hydrogens is 449 g/mol. The Morgan fingerprint density at radius 3 is 2.49 bits per heavy atom. The van der Waals surface area contributed by atoms with Crippen LogP contribution in [0.15, 0.2) is 79.1 Å². The Hall–Kier alpha value is -4.53. The summed E-state index contributed by atoms with van der Waals surface area (Å²) in [5, 5.41) is 2.85. The number of halogens is 1. The first kappa shape index (κ1) is 22.3. The molecule has 0 bridgehead atoms. The number of amides is 2. The second-order valence-electron chi connectivity index (χ2n) is 8.20. The fourth-order valence-electron chi connectivity index (χ4n) is 3.92. The molecule has 1 N–H and O–H groups in total. The van der Waals surface area contributed by atoms with Crippen molar-refractivity contribution < 1.29 is 18.7 Å². The van der Waals surface area contributed by atoms with Crippen molar-refractivity contribution in [2.45, 2.75) is 13.3 Å². The molecule has 1 aliphatic heterocycles. The summed E-state index contributed by atoms with van der Waals surface area (Å²) in [7, 11) is 0. The summed E-state index contributed by atoms with van der Waals surface area (Å²) < 4.78 is 20.9. The predicted molar refractivity (Wildman–Crippen MR) is 128 cm³/mol. The van der Waals surface area contributed by atoms with Crippen LogP contribution < -0.4 is 15.0 Å². The number of aromatic nitrogens is 3. The zero-order valence-corrected chi connectivity index (χ0v) is 18.9. The molecular formula is C26H22FN5O3. The summed E-state index contributed by atoms with van der Waals surface area (Å²) in [5.74, 6) is 0.941. The summed E-state index contributed by atoms with van der Waals surface area (Å²) in [6.07, 6.45) is 3.88. The van der Waals surface area contributed by atoms with Gasteiger partial charge in [0, 0.05) is 42.8 Å². The molecule has 2 aromatic carbocycles. The van der Waals surface area contributed by atoms with Gasteiger partial charge in [0.25, 0.3) is 0 Å². The number of carbonyl (C=O) groups is 2. The molecule has 0 saturated carbocycles. The number of nitrogens with zero attached hydrogens (tertiary/aromatic N) is 4. The minimum absolute atomic E-state index is 0.0984. The Morgan fingerprint density at radius 1 is 1.06 bits per heavy atom. The smallest absolute Gasteiger partial charge is 0.229 e. The van der Waals surface area contributed by atoms with Gasteiger partial charge in [-0.25, -0.2) is 9.37 Å². The van der Waals surface area contributed by atoms with Gasteiger partial charge in [-0.2, -0.15) is 4.98 Å². The van der Waals surface area contributed by atoms with Crippen LogP contribution in [0.4, 0.5) is 15.8 Å². The number of nitrogens with one attached hydrogen (secondary N) is 1. The molecule has 0 aliphatic carbocycles. The number of rotatable bonds is 6. The summed E-state index contributed by atoms with van der Waals surface area (Å²) in [6, 6.07) is 18.1. The van der Waals surface area contributed by atoms with Crippen molar-refractivity contribution in [1.29, 1.82) is 0 Å². The molecule has 4 aromatic rings. The molecule has 1 unspecified atom stereocenters. The van der Waals surface area contributed by atoms with E-state index in [0.29, 0.717) is 34.6 Å². The van der Waals surface area contributed by atoms with Crippen LogP contribution in [-0.4, -0.2) is 32.9 Å². The third-order valence-electron chi connectivity index (χ3n) is 5.65. The van der Waals surface area contributed by atoms with Crippen molar-refractivity contribution in [3.63, 3.8) is 0 Å². The minimum Gasteiger partial charge on any atom is -0.439 e. The second-order valence-corrected chi connectivity index (χ2v) is 8.20. The number of hydrogen-bond donors (Lipinski definition) is 1. The number of benzene rings is 2. The van der Waals surface area contributed by atoms with Crippen LogP contribution in [-0.2, 0) is 9.59 Å². The molecule has 0 radical (unpaired) electrons. The Labute approximate surface area is 201 Å². The topological polar surface area (TPSA) is 89.3 Å². The van der Waals surface area contributed by atoms with Gasteiger partial charge < -0.3 is 19.5 Å². The first-order valence-electron chi connectivity index (χ1n) is 11.1. The lowest BCUT2D eigenvalue weighted by molar-refractivity contribution is -0.122. The molecule has 1 fully saturated rings. The van der Waals surface area contributed by atoms with E-state index in [-0.39, 0.29) is 30.6 Å². The molecule has 9 heteroatoms. The summed E-state index contributed by atoms with van der Waals surface area (Å²) in [5.41, 5.74) is 1.16. The Balaban J connectivity index is 1.22. The van der Waals surface area contributed by atoms with Crippen molar-refractivity contribution in [2.24, 2.45) is 5.92 Å². The van der Waals surface area contributed by atoms with Crippen molar-refractivity contribution in [1.82, 2.24) is 14.5 Å². The van der Waals surface area contributed by atoms with Crippen molar-refractivity contribution >= 4 is 23.2 Å². The highest BCUT2D eigenvalue weighted by molar-refractivity contribution is 6.03. The van der Waals surface area contributed by atoms with Gasteiger partial charge in [0.15, 0.2) is 0 Å². The molecule has 2 aromatic heterocycles. The zero-order valence-electron chi connectivity index (χ0n) is 18.9. The first-order valence-corrected chi connectivity index (χ1v) is 11.1. The van der Waals surface area contributed by atoms with Crippen LogP contribution in [0.25, 0.3) is 5.82 Å². The van der Waals surface area contributed by atoms with E-state index in [1.54, 1.807) is 37.3 Å². The van der Waals surface area contributed by atoms with E-state index in [2.05, 4.69) is 15.3 Å². The highest BCUT2D eigenvalue weighted by Crippen LogP contribution is 2.27. The van der Waals surface area contributed by atoms with Crippen LogP contribution in [0, 0.1) is 18.7 Å². The maximum Gasteiger partial charge on any atom is 0.229 e.